The van der Waals surface area contributed by atoms with Gasteiger partial charge in [0.15, 0.2) is 0 Å². The number of hydrogen-bond donors (Lipinski definition) is 2. The zero-order chi connectivity index (χ0) is 17.2. The second-order valence-electron chi connectivity index (χ2n) is 5.93. The molecule has 2 heterocycles. The summed E-state index contributed by atoms with van der Waals surface area (Å²) in [5.41, 5.74) is 2.92. The van der Waals surface area contributed by atoms with Crippen molar-refractivity contribution >= 4 is 16.6 Å². The Kier molecular flexibility index (Phi) is 4.06. The molecule has 124 valence electrons. The van der Waals surface area contributed by atoms with Crippen LogP contribution in [0.2, 0.25) is 0 Å². The predicted molar refractivity (Wildman–Crippen MR) is 98.6 cm³/mol. The molecule has 4 nitrogen and oxygen atoms in total. The molecule has 2 N–H and O–H groups in total. The molecular weight excluding hydrogens is 312 g/mol. The third-order valence-electron chi connectivity index (χ3n) is 4.48. The summed E-state index contributed by atoms with van der Waals surface area (Å²) in [6, 6.07) is 14.2. The number of aliphatic hydroxyl groups excluding tert-OH is 1. The highest BCUT2D eigenvalue weighted by molar-refractivity contribution is 6.01. The fourth-order valence-corrected chi connectivity index (χ4v) is 3.23. The van der Waals surface area contributed by atoms with E-state index in [1.54, 1.807) is 7.11 Å². The van der Waals surface area contributed by atoms with Gasteiger partial charge in [-0.05, 0) is 35.2 Å². The molecule has 1 aromatic heterocycles. The maximum absolute atomic E-state index is 9.73. The van der Waals surface area contributed by atoms with Gasteiger partial charge in [0.1, 0.15) is 18.1 Å². The molecule has 25 heavy (non-hydrogen) atoms. The molecule has 1 aliphatic heterocycles. The summed E-state index contributed by atoms with van der Waals surface area (Å²) in [6.07, 6.45) is 10.0. The number of rotatable bonds is 4. The van der Waals surface area contributed by atoms with Crippen molar-refractivity contribution in [1.29, 1.82) is 0 Å². The van der Waals surface area contributed by atoms with E-state index in [2.05, 4.69) is 24.5 Å². The second-order valence-corrected chi connectivity index (χ2v) is 5.93. The molecule has 3 aromatic rings. The molecule has 0 radical (unpaired) electrons. The maximum Gasteiger partial charge on any atom is 0.243 e. The number of methoxy groups -OCH3 is 1. The van der Waals surface area contributed by atoms with E-state index in [-0.39, 0.29) is 6.61 Å². The normalized spacial score (nSPS) is 13.7. The van der Waals surface area contributed by atoms with Gasteiger partial charge in [-0.15, -0.1) is 0 Å². The zero-order valence-corrected chi connectivity index (χ0v) is 13.9. The molecule has 0 amide bonds. The summed E-state index contributed by atoms with van der Waals surface area (Å²) in [6.45, 7) is -0.0681. The van der Waals surface area contributed by atoms with Crippen molar-refractivity contribution in [2.24, 2.45) is 0 Å². The molecular formula is C21H19N2O2+. The maximum atomic E-state index is 9.73. The van der Waals surface area contributed by atoms with Gasteiger partial charge in [0, 0.05) is 17.3 Å². The summed E-state index contributed by atoms with van der Waals surface area (Å²) < 4.78 is 5.47. The van der Waals surface area contributed by atoms with Crippen LogP contribution in [0.4, 0.5) is 5.82 Å². The van der Waals surface area contributed by atoms with Crippen molar-refractivity contribution in [2.45, 2.75) is 6.61 Å². The Morgan fingerprint density at radius 2 is 1.80 bits per heavy atom. The molecule has 0 saturated carbocycles. The zero-order valence-electron chi connectivity index (χ0n) is 13.9. The molecule has 0 atom stereocenters. The van der Waals surface area contributed by atoms with E-state index in [9.17, 15) is 5.11 Å². The van der Waals surface area contributed by atoms with E-state index in [0.717, 1.165) is 38.2 Å². The van der Waals surface area contributed by atoms with Crippen molar-refractivity contribution in [2.75, 3.05) is 7.11 Å². The summed E-state index contributed by atoms with van der Waals surface area (Å²) in [5.74, 6) is 1.59. The minimum atomic E-state index is -0.0681. The first-order valence-corrected chi connectivity index (χ1v) is 8.20. The van der Waals surface area contributed by atoms with Gasteiger partial charge in [-0.1, -0.05) is 30.3 Å². The summed E-state index contributed by atoms with van der Waals surface area (Å²) in [4.78, 5) is 5.81. The lowest BCUT2D eigenvalue weighted by Gasteiger charge is -2.15. The van der Waals surface area contributed by atoms with E-state index in [0.29, 0.717) is 5.75 Å². The quantitative estimate of drug-likeness (QED) is 0.773. The number of ether oxygens (including phenoxy) is 1. The number of benzene rings is 2. The van der Waals surface area contributed by atoms with Crippen LogP contribution in [0.1, 0.15) is 5.56 Å². The molecule has 0 bridgehead atoms. The SMILES string of the molecule is COc1cc2c([NH+]3C=CC=C3)ncc(-c3ccccc3)c2cc1CO. The number of pyridine rings is 1. The number of quaternary nitrogens is 1. The first kappa shape index (κ1) is 15.6. The highest BCUT2D eigenvalue weighted by Crippen LogP contribution is 2.35. The first-order valence-electron chi connectivity index (χ1n) is 8.20. The van der Waals surface area contributed by atoms with Crippen LogP contribution in [0.5, 0.6) is 5.75 Å². The molecule has 0 fully saturated rings. The van der Waals surface area contributed by atoms with Crippen LogP contribution in [0.25, 0.3) is 21.9 Å². The summed E-state index contributed by atoms with van der Waals surface area (Å²) >= 11 is 0. The van der Waals surface area contributed by atoms with Gasteiger partial charge in [0.05, 0.1) is 19.1 Å². The first-order chi connectivity index (χ1) is 12.3. The summed E-state index contributed by atoms with van der Waals surface area (Å²) in [5, 5.41) is 11.8. The van der Waals surface area contributed by atoms with Gasteiger partial charge >= 0.3 is 0 Å². The lowest BCUT2D eigenvalue weighted by atomic mass is 9.98. The van der Waals surface area contributed by atoms with Crippen molar-refractivity contribution in [3.05, 3.63) is 78.8 Å². The van der Waals surface area contributed by atoms with Crippen molar-refractivity contribution in [3.8, 4) is 16.9 Å². The van der Waals surface area contributed by atoms with Crippen molar-refractivity contribution in [3.63, 3.8) is 0 Å². The number of nitrogens with zero attached hydrogens (tertiary/aromatic N) is 1. The molecule has 0 aliphatic carbocycles. The largest absolute Gasteiger partial charge is 0.496 e. The fraction of sp³-hybridized carbons (Fsp3) is 0.0952. The number of fused-ring (bicyclic) bond motifs is 1. The van der Waals surface area contributed by atoms with Crippen LogP contribution in [0, 0.1) is 0 Å². The highest BCUT2D eigenvalue weighted by atomic mass is 16.5. The predicted octanol–water partition coefficient (Wildman–Crippen LogP) is 2.96. The topological polar surface area (TPSA) is 46.8 Å². The standard InChI is InChI=1S/C21H18N2O2/c1-25-20-12-18-17(11-16(20)14-24)19(15-7-3-2-4-8-15)13-22-21(18)23-9-5-6-10-23/h2-13,24H,14H2,1H3/p+1. The van der Waals surface area contributed by atoms with Crippen LogP contribution >= 0.6 is 0 Å². The second kappa shape index (κ2) is 6.51. The Bertz CT molecular complexity index is 966. The van der Waals surface area contributed by atoms with Crippen LogP contribution in [0.3, 0.4) is 0 Å². The van der Waals surface area contributed by atoms with Gasteiger partial charge in [-0.25, -0.2) is 9.88 Å². The van der Waals surface area contributed by atoms with E-state index in [4.69, 9.17) is 9.72 Å². The Morgan fingerprint density at radius 1 is 1.04 bits per heavy atom. The third-order valence-corrected chi connectivity index (χ3v) is 4.48. The Hall–Kier alpha value is -2.95. The average molecular weight is 331 g/mol. The molecule has 2 aromatic carbocycles. The van der Waals surface area contributed by atoms with Crippen LogP contribution in [0.15, 0.2) is 73.2 Å². The van der Waals surface area contributed by atoms with E-state index >= 15 is 0 Å². The van der Waals surface area contributed by atoms with Gasteiger partial charge in [0.2, 0.25) is 5.82 Å². The van der Waals surface area contributed by atoms with Gasteiger partial charge in [0.25, 0.3) is 0 Å². The lowest BCUT2D eigenvalue weighted by molar-refractivity contribution is -0.711. The minimum Gasteiger partial charge on any atom is -0.496 e. The van der Waals surface area contributed by atoms with E-state index in [1.165, 1.54) is 0 Å². The summed E-state index contributed by atoms with van der Waals surface area (Å²) in [7, 11) is 1.62. The number of aromatic nitrogens is 1. The van der Waals surface area contributed by atoms with E-state index in [1.807, 2.05) is 48.7 Å². The van der Waals surface area contributed by atoms with Gasteiger partial charge in [-0.3, -0.25) is 0 Å². The van der Waals surface area contributed by atoms with Crippen molar-refractivity contribution in [1.82, 2.24) is 4.98 Å². The number of nitrogens with one attached hydrogen (secondary N) is 1. The van der Waals surface area contributed by atoms with Gasteiger partial charge in [-0.2, -0.15) is 0 Å². The fourth-order valence-electron chi connectivity index (χ4n) is 3.23. The molecule has 4 rings (SSSR count). The molecule has 1 aliphatic rings. The van der Waals surface area contributed by atoms with Crippen LogP contribution in [-0.4, -0.2) is 17.2 Å². The Balaban J connectivity index is 2.03. The van der Waals surface area contributed by atoms with E-state index < -0.39 is 0 Å². The molecule has 0 spiro atoms. The minimum absolute atomic E-state index is 0.0681. The highest BCUT2D eigenvalue weighted by Gasteiger charge is 2.20. The van der Waals surface area contributed by atoms with Crippen LogP contribution in [-0.2, 0) is 6.61 Å². The third kappa shape index (κ3) is 2.71. The van der Waals surface area contributed by atoms with Crippen molar-refractivity contribution < 1.29 is 14.7 Å². The van der Waals surface area contributed by atoms with Gasteiger partial charge < -0.3 is 9.84 Å². The lowest BCUT2D eigenvalue weighted by Crippen LogP contribution is -2.96. The number of allylic oxidation sites excluding steroid dienone is 2. The molecule has 0 saturated heterocycles. The Morgan fingerprint density at radius 3 is 2.48 bits per heavy atom. The van der Waals surface area contributed by atoms with Crippen LogP contribution < -0.4 is 9.64 Å². The smallest absolute Gasteiger partial charge is 0.243 e. The Labute approximate surface area is 146 Å². The molecule has 0 unspecified atom stereocenters. The average Bonchev–Trinajstić information content (AvgIpc) is 3.21. The number of aliphatic hydroxyl groups is 1. The molecule has 4 heteroatoms. The monoisotopic (exact) mass is 331 g/mol. The number of hydrogen-bond acceptors (Lipinski definition) is 3.